The van der Waals surface area contributed by atoms with Crippen LogP contribution >= 0.6 is 0 Å². The van der Waals surface area contributed by atoms with Gasteiger partial charge in [-0.3, -0.25) is 0 Å². The maximum absolute atomic E-state index is 14.0. The first-order valence-corrected chi connectivity index (χ1v) is 12.4. The van der Waals surface area contributed by atoms with Gasteiger partial charge in [-0.1, -0.05) is 0 Å². The fourth-order valence-corrected chi connectivity index (χ4v) is 5.79. The summed E-state index contributed by atoms with van der Waals surface area (Å²) in [5, 5.41) is 12.0. The lowest BCUT2D eigenvalue weighted by Gasteiger charge is -2.36. The lowest BCUT2D eigenvalue weighted by atomic mass is 10.0. The summed E-state index contributed by atoms with van der Waals surface area (Å²) in [6.07, 6.45) is -6.26. The van der Waals surface area contributed by atoms with E-state index in [2.05, 4.69) is 9.46 Å². The fraction of sp³-hybridized carbons (Fsp3) is 0.250. The standard InChI is InChI=1S/C24H19F5N2O5S/c25-13-1-7-20-17(9-13)18-10-14(26)2-8-21(18)31(20)22-12-35-11-19(23(22)32)30-37(33,34)16-5-3-15(4-6-16)36-24(27,28)29/h1-10,19,22-23,30,32H,11-12H2/t19-,22+,23+/m1/s1. The molecule has 0 amide bonds. The van der Waals surface area contributed by atoms with E-state index in [0.717, 1.165) is 24.3 Å². The zero-order valence-corrected chi connectivity index (χ0v) is 19.6. The number of aliphatic hydroxyl groups excluding tert-OH is 1. The zero-order chi connectivity index (χ0) is 26.5. The SMILES string of the molecule is O=S(=O)(N[C@@H]1COC[C@H](n2c3ccc(F)cc3c3cc(F)ccc32)[C@H]1O)c1ccc(OC(F)(F)F)cc1. The Labute approximate surface area is 207 Å². The van der Waals surface area contributed by atoms with E-state index in [0.29, 0.717) is 21.8 Å². The van der Waals surface area contributed by atoms with E-state index in [4.69, 9.17) is 4.74 Å². The number of nitrogens with one attached hydrogen (secondary N) is 1. The molecule has 3 aromatic carbocycles. The molecule has 5 rings (SSSR count). The van der Waals surface area contributed by atoms with Crippen molar-refractivity contribution in [2.24, 2.45) is 0 Å². The molecule has 0 unspecified atom stereocenters. The Bertz CT molecular complexity index is 1510. The second-order valence-electron chi connectivity index (χ2n) is 8.54. The highest BCUT2D eigenvalue weighted by molar-refractivity contribution is 7.89. The van der Waals surface area contributed by atoms with Gasteiger partial charge < -0.3 is 19.1 Å². The van der Waals surface area contributed by atoms with Gasteiger partial charge in [0.05, 0.1) is 36.3 Å². The van der Waals surface area contributed by atoms with Crippen LogP contribution in [0, 0.1) is 11.6 Å². The Morgan fingerprint density at radius 3 is 2.03 bits per heavy atom. The molecule has 1 aliphatic heterocycles. The zero-order valence-electron chi connectivity index (χ0n) is 18.7. The van der Waals surface area contributed by atoms with Crippen molar-refractivity contribution in [3.8, 4) is 5.75 Å². The summed E-state index contributed by atoms with van der Waals surface area (Å²) in [4.78, 5) is -0.348. The quantitative estimate of drug-likeness (QED) is 0.368. The fourth-order valence-electron chi connectivity index (χ4n) is 4.56. The van der Waals surface area contributed by atoms with Crippen LogP contribution in [-0.4, -0.2) is 49.8 Å². The molecule has 7 nitrogen and oxygen atoms in total. The van der Waals surface area contributed by atoms with E-state index in [1.54, 1.807) is 4.57 Å². The monoisotopic (exact) mass is 542 g/mol. The van der Waals surface area contributed by atoms with Crippen LogP contribution in [0.25, 0.3) is 21.8 Å². The lowest BCUT2D eigenvalue weighted by Crippen LogP contribution is -2.53. The second kappa shape index (κ2) is 9.24. The molecular weight excluding hydrogens is 523 g/mol. The van der Waals surface area contributed by atoms with E-state index in [1.165, 1.54) is 36.4 Å². The number of alkyl halides is 3. The van der Waals surface area contributed by atoms with Crippen molar-refractivity contribution < 1.29 is 45.0 Å². The molecule has 4 aromatic rings. The normalized spacial score (nSPS) is 21.0. The largest absolute Gasteiger partial charge is 0.573 e. The Hall–Kier alpha value is -3.26. The van der Waals surface area contributed by atoms with Crippen LogP contribution in [0.4, 0.5) is 22.0 Å². The highest BCUT2D eigenvalue weighted by Crippen LogP contribution is 2.36. The molecule has 0 radical (unpaired) electrons. The predicted octanol–water partition coefficient (Wildman–Crippen LogP) is 4.25. The van der Waals surface area contributed by atoms with Crippen molar-refractivity contribution in [3.05, 3.63) is 72.3 Å². The number of fused-ring (bicyclic) bond motifs is 3. The molecule has 2 heterocycles. The second-order valence-corrected chi connectivity index (χ2v) is 10.2. The minimum Gasteiger partial charge on any atom is -0.406 e. The van der Waals surface area contributed by atoms with Gasteiger partial charge in [0.25, 0.3) is 0 Å². The van der Waals surface area contributed by atoms with Crippen LogP contribution in [0.1, 0.15) is 6.04 Å². The highest BCUT2D eigenvalue weighted by Gasteiger charge is 2.38. The minimum absolute atomic E-state index is 0.0174. The lowest BCUT2D eigenvalue weighted by molar-refractivity contribution is -0.274. The average Bonchev–Trinajstić information content (AvgIpc) is 3.12. The molecule has 0 saturated carbocycles. The summed E-state index contributed by atoms with van der Waals surface area (Å²) in [5.41, 5.74) is 0.969. The van der Waals surface area contributed by atoms with Gasteiger partial charge in [-0.25, -0.2) is 21.9 Å². The third-order valence-electron chi connectivity index (χ3n) is 6.12. The van der Waals surface area contributed by atoms with Gasteiger partial charge >= 0.3 is 6.36 Å². The molecule has 1 saturated heterocycles. The number of sulfonamides is 1. The number of hydrogen-bond acceptors (Lipinski definition) is 5. The van der Waals surface area contributed by atoms with Gasteiger partial charge in [0.2, 0.25) is 10.0 Å². The Morgan fingerprint density at radius 2 is 1.49 bits per heavy atom. The van der Waals surface area contributed by atoms with E-state index in [9.17, 15) is 35.5 Å². The van der Waals surface area contributed by atoms with Gasteiger partial charge in [0.1, 0.15) is 17.4 Å². The maximum atomic E-state index is 14.0. The van der Waals surface area contributed by atoms with Gasteiger partial charge in [-0.2, -0.15) is 0 Å². The molecule has 1 aliphatic rings. The number of rotatable bonds is 5. The summed E-state index contributed by atoms with van der Waals surface area (Å²) in [6.45, 7) is -0.205. The molecule has 13 heteroatoms. The van der Waals surface area contributed by atoms with Gasteiger partial charge in [0, 0.05) is 21.8 Å². The van der Waals surface area contributed by atoms with Gasteiger partial charge in [0.15, 0.2) is 0 Å². The van der Waals surface area contributed by atoms with E-state index in [-0.39, 0.29) is 18.1 Å². The summed E-state index contributed by atoms with van der Waals surface area (Å²) in [6, 6.07) is 9.51. The van der Waals surface area contributed by atoms with E-state index < -0.39 is 52.0 Å². The first kappa shape index (κ1) is 25.4. The highest BCUT2D eigenvalue weighted by atomic mass is 32.2. The number of hydrogen-bond donors (Lipinski definition) is 2. The molecule has 37 heavy (non-hydrogen) atoms. The van der Waals surface area contributed by atoms with Crippen LogP contribution in [0.15, 0.2) is 65.6 Å². The molecule has 196 valence electrons. The first-order valence-electron chi connectivity index (χ1n) is 11.0. The molecular formula is C24H19F5N2O5S. The van der Waals surface area contributed by atoms with E-state index in [1.807, 2.05) is 0 Å². The predicted molar refractivity (Wildman–Crippen MR) is 122 cm³/mol. The van der Waals surface area contributed by atoms with Crippen LogP contribution in [-0.2, 0) is 14.8 Å². The molecule has 0 aliphatic carbocycles. The van der Waals surface area contributed by atoms with Gasteiger partial charge in [-0.15, -0.1) is 13.2 Å². The van der Waals surface area contributed by atoms with Crippen molar-refractivity contribution in [1.29, 1.82) is 0 Å². The third kappa shape index (κ3) is 4.99. The van der Waals surface area contributed by atoms with Crippen LogP contribution < -0.4 is 9.46 Å². The smallest absolute Gasteiger partial charge is 0.406 e. The Balaban J connectivity index is 1.45. The van der Waals surface area contributed by atoms with Crippen molar-refractivity contribution in [1.82, 2.24) is 9.29 Å². The maximum Gasteiger partial charge on any atom is 0.573 e. The first-order chi connectivity index (χ1) is 17.4. The summed E-state index contributed by atoms with van der Waals surface area (Å²) in [5.74, 6) is -1.66. The number of nitrogens with zero attached hydrogens (tertiary/aromatic N) is 1. The van der Waals surface area contributed by atoms with Crippen molar-refractivity contribution in [2.45, 2.75) is 29.4 Å². The van der Waals surface area contributed by atoms with Crippen LogP contribution in [0.2, 0.25) is 0 Å². The minimum atomic E-state index is -4.93. The molecule has 2 N–H and O–H groups in total. The van der Waals surface area contributed by atoms with E-state index >= 15 is 0 Å². The molecule has 0 spiro atoms. The van der Waals surface area contributed by atoms with Crippen LogP contribution in [0.3, 0.4) is 0 Å². The topological polar surface area (TPSA) is 89.8 Å². The molecule has 1 aromatic heterocycles. The molecule has 0 bridgehead atoms. The number of aliphatic hydroxyl groups is 1. The van der Waals surface area contributed by atoms with Crippen LogP contribution in [0.5, 0.6) is 5.75 Å². The average molecular weight is 542 g/mol. The van der Waals surface area contributed by atoms with Crippen molar-refractivity contribution in [2.75, 3.05) is 13.2 Å². The number of ether oxygens (including phenoxy) is 2. The molecule has 3 atom stereocenters. The molecule has 1 fully saturated rings. The summed E-state index contributed by atoms with van der Waals surface area (Å²) >= 11 is 0. The number of halogens is 5. The third-order valence-corrected chi connectivity index (χ3v) is 7.63. The number of aromatic nitrogens is 1. The van der Waals surface area contributed by atoms with Crippen molar-refractivity contribution in [3.63, 3.8) is 0 Å². The van der Waals surface area contributed by atoms with Crippen molar-refractivity contribution >= 4 is 31.8 Å². The number of benzene rings is 3. The van der Waals surface area contributed by atoms with Gasteiger partial charge in [-0.05, 0) is 60.7 Å². The Morgan fingerprint density at radius 1 is 0.919 bits per heavy atom. The summed E-state index contributed by atoms with van der Waals surface area (Å²) in [7, 11) is -4.28. The Kier molecular flexibility index (Phi) is 6.34. The summed E-state index contributed by atoms with van der Waals surface area (Å²) < 4.78 is 104.